The minimum atomic E-state index is -3.46. The maximum Gasteiger partial charge on any atom is 0.243 e. The number of rotatable bonds is 7. The lowest BCUT2D eigenvalue weighted by atomic mass is 10.0. The molecule has 0 unspecified atom stereocenters. The van der Waals surface area contributed by atoms with Gasteiger partial charge in [-0.1, -0.05) is 54.6 Å². The monoisotopic (exact) mass is 410 g/mol. The number of fused-ring (bicyclic) bond motifs is 1. The molecule has 0 bridgehead atoms. The zero-order valence-corrected chi connectivity index (χ0v) is 17.2. The van der Waals surface area contributed by atoms with Gasteiger partial charge in [0, 0.05) is 19.6 Å². The van der Waals surface area contributed by atoms with Gasteiger partial charge in [-0.15, -0.1) is 0 Å². The molecular weight excluding hydrogens is 384 g/mol. The number of benzene rings is 3. The van der Waals surface area contributed by atoms with Crippen molar-refractivity contribution in [2.75, 3.05) is 32.8 Å². The van der Waals surface area contributed by atoms with Gasteiger partial charge in [0.2, 0.25) is 10.0 Å². The highest BCUT2D eigenvalue weighted by atomic mass is 32.2. The van der Waals surface area contributed by atoms with E-state index in [0.717, 1.165) is 18.5 Å². The molecule has 1 N–H and O–H groups in total. The van der Waals surface area contributed by atoms with Crippen LogP contribution in [-0.2, 0) is 27.7 Å². The molecule has 0 aliphatic carbocycles. The first kappa shape index (κ1) is 20.0. The average Bonchev–Trinajstić information content (AvgIpc) is 2.77. The van der Waals surface area contributed by atoms with Crippen molar-refractivity contribution < 1.29 is 13.2 Å². The Morgan fingerprint density at radius 1 is 0.931 bits per heavy atom. The van der Waals surface area contributed by atoms with E-state index in [1.807, 2.05) is 12.1 Å². The third kappa shape index (κ3) is 4.67. The number of ether oxygens (including phenoxy) is 1. The quantitative estimate of drug-likeness (QED) is 0.608. The standard InChI is InChI=1S/C23H26N2O3S/c26-29(27,25-13-15-28-16-14-25)22-9-3-5-19(17-22)18-24-12-11-21-8-4-7-20-6-1-2-10-23(20)21/h1-10,17,24H,11-16,18H2. The lowest BCUT2D eigenvalue weighted by Gasteiger charge is -2.26. The van der Waals surface area contributed by atoms with E-state index in [9.17, 15) is 8.42 Å². The van der Waals surface area contributed by atoms with Crippen LogP contribution >= 0.6 is 0 Å². The predicted molar refractivity (Wildman–Crippen MR) is 115 cm³/mol. The van der Waals surface area contributed by atoms with E-state index in [-0.39, 0.29) is 0 Å². The first-order valence-corrected chi connectivity index (χ1v) is 11.4. The van der Waals surface area contributed by atoms with Crippen molar-refractivity contribution in [3.8, 4) is 0 Å². The van der Waals surface area contributed by atoms with E-state index in [1.54, 1.807) is 12.1 Å². The molecule has 1 aliphatic heterocycles. The van der Waals surface area contributed by atoms with Gasteiger partial charge in [0.25, 0.3) is 0 Å². The molecule has 4 rings (SSSR count). The first-order chi connectivity index (χ1) is 14.1. The van der Waals surface area contributed by atoms with Crippen molar-refractivity contribution >= 4 is 20.8 Å². The van der Waals surface area contributed by atoms with Gasteiger partial charge < -0.3 is 10.1 Å². The highest BCUT2D eigenvalue weighted by molar-refractivity contribution is 7.89. The number of nitrogens with zero attached hydrogens (tertiary/aromatic N) is 1. The van der Waals surface area contributed by atoms with Crippen molar-refractivity contribution in [3.05, 3.63) is 77.9 Å². The number of hydrogen-bond acceptors (Lipinski definition) is 4. The Balaban J connectivity index is 1.37. The summed E-state index contributed by atoms with van der Waals surface area (Å²) < 4.78 is 32.4. The summed E-state index contributed by atoms with van der Waals surface area (Å²) in [6, 6.07) is 22.0. The van der Waals surface area contributed by atoms with Gasteiger partial charge in [-0.05, 0) is 47.0 Å². The Morgan fingerprint density at radius 2 is 1.69 bits per heavy atom. The fraction of sp³-hybridized carbons (Fsp3) is 0.304. The molecule has 29 heavy (non-hydrogen) atoms. The van der Waals surface area contributed by atoms with Gasteiger partial charge in [-0.2, -0.15) is 4.31 Å². The van der Waals surface area contributed by atoms with Gasteiger partial charge in [0.15, 0.2) is 0 Å². The van der Waals surface area contributed by atoms with Crippen LogP contribution in [0.1, 0.15) is 11.1 Å². The van der Waals surface area contributed by atoms with E-state index in [0.29, 0.717) is 37.7 Å². The van der Waals surface area contributed by atoms with Gasteiger partial charge in [-0.3, -0.25) is 0 Å². The predicted octanol–water partition coefficient (Wildman–Crippen LogP) is 3.19. The Kier molecular flexibility index (Phi) is 6.25. The molecule has 1 aliphatic rings. The second-order valence-corrected chi connectivity index (χ2v) is 9.17. The molecular formula is C23H26N2O3S. The summed E-state index contributed by atoms with van der Waals surface area (Å²) in [7, 11) is -3.46. The average molecular weight is 411 g/mol. The van der Waals surface area contributed by atoms with Crippen LogP contribution in [0.25, 0.3) is 10.8 Å². The fourth-order valence-electron chi connectivity index (χ4n) is 3.72. The summed E-state index contributed by atoms with van der Waals surface area (Å²) in [5, 5.41) is 5.99. The van der Waals surface area contributed by atoms with E-state index in [1.165, 1.54) is 20.6 Å². The highest BCUT2D eigenvalue weighted by Gasteiger charge is 2.26. The second-order valence-electron chi connectivity index (χ2n) is 7.23. The molecule has 152 valence electrons. The Bertz CT molecular complexity index is 1070. The summed E-state index contributed by atoms with van der Waals surface area (Å²) in [6.07, 6.45) is 0.924. The molecule has 3 aromatic rings. The molecule has 1 fully saturated rings. The molecule has 0 radical (unpaired) electrons. The van der Waals surface area contributed by atoms with Gasteiger partial charge in [0.1, 0.15) is 0 Å². The topological polar surface area (TPSA) is 58.6 Å². The molecule has 0 aromatic heterocycles. The van der Waals surface area contributed by atoms with Gasteiger partial charge >= 0.3 is 0 Å². The van der Waals surface area contributed by atoms with Crippen molar-refractivity contribution in [3.63, 3.8) is 0 Å². The SMILES string of the molecule is O=S(=O)(c1cccc(CNCCc2cccc3ccccc23)c1)N1CCOCC1. The van der Waals surface area contributed by atoms with Crippen LogP contribution in [0.2, 0.25) is 0 Å². The van der Waals surface area contributed by atoms with Crippen LogP contribution in [0.15, 0.2) is 71.6 Å². The summed E-state index contributed by atoms with van der Waals surface area (Å²) >= 11 is 0. The van der Waals surface area contributed by atoms with Gasteiger partial charge in [0.05, 0.1) is 18.1 Å². The Hall–Kier alpha value is -2.25. The van der Waals surface area contributed by atoms with E-state index < -0.39 is 10.0 Å². The third-order valence-corrected chi connectivity index (χ3v) is 7.18. The van der Waals surface area contributed by atoms with Crippen LogP contribution in [-0.4, -0.2) is 45.6 Å². The molecule has 1 heterocycles. The molecule has 1 saturated heterocycles. The molecule has 6 heteroatoms. The number of sulfonamides is 1. The smallest absolute Gasteiger partial charge is 0.243 e. The largest absolute Gasteiger partial charge is 0.379 e. The van der Waals surface area contributed by atoms with Crippen molar-refractivity contribution in [1.29, 1.82) is 0 Å². The lowest BCUT2D eigenvalue weighted by molar-refractivity contribution is 0.0730. The van der Waals surface area contributed by atoms with Crippen LogP contribution in [0.4, 0.5) is 0 Å². The normalized spacial score (nSPS) is 15.6. The maximum atomic E-state index is 12.8. The van der Waals surface area contributed by atoms with E-state index >= 15 is 0 Å². The molecule has 5 nitrogen and oxygen atoms in total. The Labute approximate surface area is 172 Å². The number of hydrogen-bond donors (Lipinski definition) is 1. The Morgan fingerprint density at radius 3 is 2.55 bits per heavy atom. The van der Waals surface area contributed by atoms with Crippen LogP contribution < -0.4 is 5.32 Å². The zero-order valence-electron chi connectivity index (χ0n) is 16.4. The van der Waals surface area contributed by atoms with Crippen molar-refractivity contribution in [1.82, 2.24) is 9.62 Å². The van der Waals surface area contributed by atoms with Gasteiger partial charge in [-0.25, -0.2) is 8.42 Å². The van der Waals surface area contributed by atoms with E-state index in [2.05, 4.69) is 47.8 Å². The molecule has 0 saturated carbocycles. The zero-order chi connectivity index (χ0) is 20.1. The second kappa shape index (κ2) is 9.05. The molecule has 0 amide bonds. The highest BCUT2D eigenvalue weighted by Crippen LogP contribution is 2.20. The summed E-state index contributed by atoms with van der Waals surface area (Å²) in [5.74, 6) is 0. The van der Waals surface area contributed by atoms with Crippen LogP contribution in [0, 0.1) is 0 Å². The molecule has 3 aromatic carbocycles. The van der Waals surface area contributed by atoms with Crippen molar-refractivity contribution in [2.24, 2.45) is 0 Å². The molecule has 0 spiro atoms. The van der Waals surface area contributed by atoms with Crippen LogP contribution in [0.3, 0.4) is 0 Å². The maximum absolute atomic E-state index is 12.8. The van der Waals surface area contributed by atoms with Crippen molar-refractivity contribution in [2.45, 2.75) is 17.9 Å². The first-order valence-electron chi connectivity index (χ1n) is 9.99. The minimum absolute atomic E-state index is 0.354. The van der Waals surface area contributed by atoms with E-state index in [4.69, 9.17) is 4.74 Å². The minimum Gasteiger partial charge on any atom is -0.379 e. The fourth-order valence-corrected chi connectivity index (χ4v) is 5.20. The molecule has 0 atom stereocenters. The summed E-state index contributed by atoms with van der Waals surface area (Å²) in [4.78, 5) is 0.354. The lowest BCUT2D eigenvalue weighted by Crippen LogP contribution is -2.40. The summed E-state index contributed by atoms with van der Waals surface area (Å²) in [5.41, 5.74) is 2.29. The number of morpholine rings is 1. The number of nitrogens with one attached hydrogen (secondary N) is 1. The van der Waals surface area contributed by atoms with Crippen LogP contribution in [0.5, 0.6) is 0 Å². The third-order valence-electron chi connectivity index (χ3n) is 5.29. The summed E-state index contributed by atoms with van der Waals surface area (Å²) in [6.45, 7) is 3.20.